The molecule has 37 heavy (non-hydrogen) atoms. The Labute approximate surface area is 215 Å². The van der Waals surface area contributed by atoms with E-state index in [4.69, 9.17) is 29.4 Å². The number of para-hydroxylation sites is 1. The molecular formula is C29H28N2O6. The summed E-state index contributed by atoms with van der Waals surface area (Å²) < 4.78 is 28.3. The van der Waals surface area contributed by atoms with Crippen LogP contribution in [0.25, 0.3) is 0 Å². The van der Waals surface area contributed by atoms with Crippen LogP contribution in [0.3, 0.4) is 0 Å². The first-order valence-corrected chi connectivity index (χ1v) is 12.0. The summed E-state index contributed by atoms with van der Waals surface area (Å²) in [5.41, 5.74) is 8.22. The van der Waals surface area contributed by atoms with Crippen molar-refractivity contribution in [2.24, 2.45) is 5.73 Å². The van der Waals surface area contributed by atoms with Crippen molar-refractivity contribution in [3.63, 3.8) is 0 Å². The van der Waals surface area contributed by atoms with Gasteiger partial charge in [0.15, 0.2) is 11.5 Å². The first-order chi connectivity index (χ1) is 18.0. The van der Waals surface area contributed by atoms with Gasteiger partial charge in [0.05, 0.1) is 26.2 Å². The van der Waals surface area contributed by atoms with Crippen LogP contribution in [0.2, 0.25) is 0 Å². The van der Waals surface area contributed by atoms with Crippen molar-refractivity contribution in [3.05, 3.63) is 88.8 Å². The van der Waals surface area contributed by atoms with E-state index in [-0.39, 0.29) is 17.2 Å². The molecule has 1 atom stereocenters. The third kappa shape index (κ3) is 5.31. The highest BCUT2D eigenvalue weighted by atomic mass is 16.5. The van der Waals surface area contributed by atoms with Crippen LogP contribution in [0.4, 0.5) is 0 Å². The van der Waals surface area contributed by atoms with E-state index in [1.807, 2.05) is 32.0 Å². The van der Waals surface area contributed by atoms with Crippen LogP contribution in [0.15, 0.2) is 72.1 Å². The van der Waals surface area contributed by atoms with Crippen LogP contribution in [-0.2, 0) is 0 Å². The summed E-state index contributed by atoms with van der Waals surface area (Å²) in [5, 5.41) is 9.91. The van der Waals surface area contributed by atoms with Gasteiger partial charge in [-0.15, -0.1) is 0 Å². The summed E-state index contributed by atoms with van der Waals surface area (Å²) in [5.74, 6) is 1.17. The maximum Gasteiger partial charge on any atom is 0.347 e. The molecule has 190 valence electrons. The predicted molar refractivity (Wildman–Crippen MR) is 137 cm³/mol. The van der Waals surface area contributed by atoms with Gasteiger partial charge in [-0.2, -0.15) is 5.26 Å². The molecule has 3 aromatic carbocycles. The highest BCUT2D eigenvalue weighted by Gasteiger charge is 2.32. The molecule has 0 aromatic heterocycles. The Kier molecular flexibility index (Phi) is 7.84. The average molecular weight is 501 g/mol. The van der Waals surface area contributed by atoms with E-state index in [0.717, 1.165) is 12.0 Å². The smallest absolute Gasteiger partial charge is 0.347 e. The summed E-state index contributed by atoms with van der Waals surface area (Å²) >= 11 is 0. The fourth-order valence-electron chi connectivity index (χ4n) is 4.12. The molecule has 2 N–H and O–H groups in total. The van der Waals surface area contributed by atoms with Gasteiger partial charge >= 0.3 is 5.97 Å². The molecule has 0 amide bonds. The largest absolute Gasteiger partial charge is 0.496 e. The zero-order chi connectivity index (χ0) is 26.4. The van der Waals surface area contributed by atoms with Crippen molar-refractivity contribution >= 4 is 5.97 Å². The summed E-state index contributed by atoms with van der Waals surface area (Å²) in [4.78, 5) is 12.8. The number of nitriles is 1. The molecule has 4 rings (SSSR count). The zero-order valence-electron chi connectivity index (χ0n) is 20.9. The van der Waals surface area contributed by atoms with Gasteiger partial charge in [0, 0.05) is 11.6 Å². The number of allylic oxidation sites excluding steroid dienone is 1. The van der Waals surface area contributed by atoms with Crippen LogP contribution in [0, 0.1) is 11.3 Å². The molecule has 0 radical (unpaired) electrons. The Morgan fingerprint density at radius 3 is 2.57 bits per heavy atom. The Balaban J connectivity index is 1.70. The van der Waals surface area contributed by atoms with E-state index < -0.39 is 11.9 Å². The third-order valence-electron chi connectivity index (χ3n) is 5.79. The molecule has 0 spiro atoms. The van der Waals surface area contributed by atoms with Crippen molar-refractivity contribution in [2.45, 2.75) is 26.2 Å². The highest BCUT2D eigenvalue weighted by Crippen LogP contribution is 2.45. The Morgan fingerprint density at radius 1 is 1.03 bits per heavy atom. The lowest BCUT2D eigenvalue weighted by molar-refractivity contribution is 0.0731. The Bertz CT molecular complexity index is 1380. The lowest BCUT2D eigenvalue weighted by Gasteiger charge is -2.27. The van der Waals surface area contributed by atoms with Crippen LogP contribution in [0.5, 0.6) is 28.7 Å². The topological polar surface area (TPSA) is 113 Å². The number of rotatable bonds is 9. The van der Waals surface area contributed by atoms with Gasteiger partial charge in [-0.05, 0) is 49.2 Å². The fourth-order valence-corrected chi connectivity index (χ4v) is 4.12. The van der Waals surface area contributed by atoms with Crippen LogP contribution >= 0.6 is 0 Å². The lowest BCUT2D eigenvalue weighted by atomic mass is 9.83. The van der Waals surface area contributed by atoms with Gasteiger partial charge in [0.1, 0.15) is 34.5 Å². The molecule has 1 aliphatic rings. The third-order valence-corrected chi connectivity index (χ3v) is 5.79. The van der Waals surface area contributed by atoms with Crippen LogP contribution in [-0.4, -0.2) is 26.3 Å². The number of benzene rings is 3. The predicted octanol–water partition coefficient (Wildman–Crippen LogP) is 5.32. The second-order valence-electron chi connectivity index (χ2n) is 8.20. The number of nitrogens with zero attached hydrogens (tertiary/aromatic N) is 1. The number of nitrogens with two attached hydrogens (primary N) is 1. The van der Waals surface area contributed by atoms with Crippen molar-refractivity contribution in [1.29, 1.82) is 5.26 Å². The maximum atomic E-state index is 12.8. The molecule has 0 fully saturated rings. The molecule has 1 unspecified atom stereocenters. The molecule has 0 bridgehead atoms. The van der Waals surface area contributed by atoms with Crippen molar-refractivity contribution < 1.29 is 28.5 Å². The molecular weight excluding hydrogens is 472 g/mol. The van der Waals surface area contributed by atoms with Gasteiger partial charge in [-0.1, -0.05) is 31.2 Å². The second kappa shape index (κ2) is 11.4. The van der Waals surface area contributed by atoms with E-state index in [9.17, 15) is 10.1 Å². The Morgan fingerprint density at radius 2 is 1.84 bits per heavy atom. The second-order valence-corrected chi connectivity index (χ2v) is 8.20. The molecule has 1 heterocycles. The monoisotopic (exact) mass is 500 g/mol. The summed E-state index contributed by atoms with van der Waals surface area (Å²) in [6.07, 6.45) is 0.864. The van der Waals surface area contributed by atoms with Gasteiger partial charge in [-0.25, -0.2) is 4.79 Å². The molecule has 1 aliphatic heterocycles. The first-order valence-electron chi connectivity index (χ1n) is 12.0. The minimum Gasteiger partial charge on any atom is -0.496 e. The van der Waals surface area contributed by atoms with Crippen molar-refractivity contribution in [3.8, 4) is 34.8 Å². The molecule has 0 saturated heterocycles. The van der Waals surface area contributed by atoms with Crippen molar-refractivity contribution in [1.82, 2.24) is 0 Å². The van der Waals surface area contributed by atoms with E-state index >= 15 is 0 Å². The first kappa shape index (κ1) is 25.5. The van der Waals surface area contributed by atoms with E-state index in [2.05, 4.69) is 6.07 Å². The van der Waals surface area contributed by atoms with Gasteiger partial charge in [-0.3, -0.25) is 0 Å². The number of hydrogen-bond acceptors (Lipinski definition) is 8. The standard InChI is InChI=1S/C29H28N2O6/c1-4-14-35-24-13-10-18(15-26(24)34-5-2)27-20-12-11-19(16-25(20)37-28(31)22(27)17-30)36-29(32)21-8-6-7-9-23(21)33-3/h6-13,15-16,27H,4-5,14,31H2,1-3H3. The molecule has 0 saturated carbocycles. The molecule has 8 nitrogen and oxygen atoms in total. The maximum absolute atomic E-state index is 12.8. The van der Waals surface area contributed by atoms with E-state index in [0.29, 0.717) is 47.3 Å². The van der Waals surface area contributed by atoms with Crippen molar-refractivity contribution in [2.75, 3.05) is 20.3 Å². The van der Waals surface area contributed by atoms with E-state index in [1.54, 1.807) is 42.5 Å². The zero-order valence-corrected chi connectivity index (χ0v) is 20.9. The van der Waals surface area contributed by atoms with Gasteiger partial charge < -0.3 is 29.4 Å². The number of esters is 1. The van der Waals surface area contributed by atoms with Crippen LogP contribution in [0.1, 0.15) is 47.7 Å². The van der Waals surface area contributed by atoms with Gasteiger partial charge in [0.25, 0.3) is 0 Å². The summed E-state index contributed by atoms with van der Waals surface area (Å²) in [7, 11) is 1.49. The molecule has 8 heteroatoms. The number of methoxy groups -OCH3 is 1. The van der Waals surface area contributed by atoms with Crippen LogP contribution < -0.4 is 29.4 Å². The number of carbonyl (C=O) groups is 1. The quantitative estimate of drug-likeness (QED) is 0.310. The Hall–Kier alpha value is -4.64. The average Bonchev–Trinajstić information content (AvgIpc) is 2.91. The normalized spacial score (nSPS) is 14.2. The molecule has 0 aliphatic carbocycles. The minimum atomic E-state index is -0.574. The minimum absolute atomic E-state index is 0.0162. The number of carbonyl (C=O) groups excluding carboxylic acids is 1. The molecule has 3 aromatic rings. The van der Waals surface area contributed by atoms with Gasteiger partial charge in [0.2, 0.25) is 5.88 Å². The number of fused-ring (bicyclic) bond motifs is 1. The SMILES string of the molecule is CCCOc1ccc(C2C(C#N)=C(N)Oc3cc(OC(=O)c4ccccc4OC)ccc32)cc1OCC. The summed E-state index contributed by atoms with van der Waals surface area (Å²) in [6.45, 7) is 4.95. The lowest BCUT2D eigenvalue weighted by Crippen LogP contribution is -2.21. The fraction of sp³-hybridized carbons (Fsp3) is 0.241. The highest BCUT2D eigenvalue weighted by molar-refractivity contribution is 5.94. The summed E-state index contributed by atoms with van der Waals surface area (Å²) in [6, 6.07) is 19.5. The van der Waals surface area contributed by atoms with E-state index in [1.165, 1.54) is 7.11 Å². The number of hydrogen-bond donors (Lipinski definition) is 1. The number of ether oxygens (including phenoxy) is 5.